The van der Waals surface area contributed by atoms with E-state index in [9.17, 15) is 5.11 Å². The predicted molar refractivity (Wildman–Crippen MR) is 35.1 cm³/mol. The maximum atomic E-state index is 9.36. The van der Waals surface area contributed by atoms with Gasteiger partial charge < -0.3 is 10.4 Å². The molecule has 0 spiro atoms. The van der Waals surface area contributed by atoms with Gasteiger partial charge in [0.25, 0.3) is 0 Å². The van der Waals surface area contributed by atoms with Crippen molar-refractivity contribution in [3.05, 3.63) is 0 Å². The van der Waals surface area contributed by atoms with Crippen LogP contribution in [0, 0.1) is 5.92 Å². The maximum absolute atomic E-state index is 9.36. The molecule has 0 radical (unpaired) electrons. The minimum Gasteiger partial charge on any atom is -0.393 e. The Kier molecular flexibility index (Phi) is 1.24. The average Bonchev–Trinajstić information content (AvgIpc) is 1.90. The molecule has 2 heterocycles. The van der Waals surface area contributed by atoms with Crippen LogP contribution in [0.3, 0.4) is 0 Å². The zero-order valence-corrected chi connectivity index (χ0v) is 5.51. The van der Waals surface area contributed by atoms with E-state index in [1.54, 1.807) is 0 Å². The first-order chi connectivity index (χ1) is 4.36. The fourth-order valence-electron chi connectivity index (χ4n) is 1.95. The molecule has 3 fully saturated rings. The molecule has 2 N–H and O–H groups in total. The molecule has 0 unspecified atom stereocenters. The highest BCUT2D eigenvalue weighted by Gasteiger charge is 2.33. The smallest absolute Gasteiger partial charge is 0.0595 e. The lowest BCUT2D eigenvalue weighted by Gasteiger charge is -2.40. The van der Waals surface area contributed by atoms with Crippen molar-refractivity contribution in [2.45, 2.75) is 31.4 Å². The Hall–Kier alpha value is -0.0800. The molecule has 2 heteroatoms. The second-order valence-electron chi connectivity index (χ2n) is 3.25. The largest absolute Gasteiger partial charge is 0.393 e. The van der Waals surface area contributed by atoms with Crippen molar-refractivity contribution in [3.63, 3.8) is 0 Å². The van der Waals surface area contributed by atoms with Gasteiger partial charge >= 0.3 is 0 Å². The lowest BCUT2D eigenvalue weighted by Crippen LogP contribution is -2.51. The second-order valence-corrected chi connectivity index (χ2v) is 3.25. The van der Waals surface area contributed by atoms with E-state index in [4.69, 9.17) is 0 Å². The monoisotopic (exact) mass is 127 g/mol. The normalized spacial score (nSPS) is 49.7. The number of hydrogen-bond acceptors (Lipinski definition) is 2. The Bertz CT molecular complexity index is 107. The number of nitrogens with one attached hydrogen (secondary N) is 1. The fraction of sp³-hybridized carbons (Fsp3) is 1.00. The minimum atomic E-state index is 0.00463. The highest BCUT2D eigenvalue weighted by Crippen LogP contribution is 2.28. The van der Waals surface area contributed by atoms with Crippen molar-refractivity contribution in [2.75, 3.05) is 6.54 Å². The van der Waals surface area contributed by atoms with E-state index in [1.165, 1.54) is 12.8 Å². The van der Waals surface area contributed by atoms with Crippen molar-refractivity contribution in [2.24, 2.45) is 5.92 Å². The molecular formula is C7H13NO. The second kappa shape index (κ2) is 1.96. The number of aliphatic hydroxyl groups excluding tert-OH is 1. The highest BCUT2D eigenvalue weighted by atomic mass is 16.3. The van der Waals surface area contributed by atoms with Gasteiger partial charge in [-0.3, -0.25) is 0 Å². The number of piperidine rings is 2. The Labute approximate surface area is 55.3 Å². The fourth-order valence-corrected chi connectivity index (χ4v) is 1.95. The van der Waals surface area contributed by atoms with Crippen LogP contribution in [-0.2, 0) is 0 Å². The number of hydrogen-bond donors (Lipinski definition) is 2. The third-order valence-corrected chi connectivity index (χ3v) is 2.62. The average molecular weight is 127 g/mol. The first kappa shape index (κ1) is 5.69. The lowest BCUT2D eigenvalue weighted by atomic mass is 9.79. The predicted octanol–water partition coefficient (Wildman–Crippen LogP) is 0.119. The summed E-state index contributed by atoms with van der Waals surface area (Å²) in [4.78, 5) is 0. The Morgan fingerprint density at radius 3 is 2.44 bits per heavy atom. The summed E-state index contributed by atoms with van der Waals surface area (Å²) in [5, 5.41) is 12.7. The van der Waals surface area contributed by atoms with Crippen molar-refractivity contribution in [3.8, 4) is 0 Å². The topological polar surface area (TPSA) is 32.3 Å². The first-order valence-electron chi connectivity index (χ1n) is 3.78. The summed E-state index contributed by atoms with van der Waals surface area (Å²) in [6, 6.07) is 0.630. The summed E-state index contributed by atoms with van der Waals surface area (Å²) in [7, 11) is 0. The standard InChI is InChI=1S/C7H13NO/c9-7-3-6-2-1-5(7)4-8-6/h5-9H,1-4H2/t5-,6-,7-/m0/s1. The third-order valence-electron chi connectivity index (χ3n) is 2.62. The molecule has 9 heavy (non-hydrogen) atoms. The van der Waals surface area contributed by atoms with Crippen LogP contribution in [0.4, 0.5) is 0 Å². The van der Waals surface area contributed by atoms with Gasteiger partial charge in [0.05, 0.1) is 6.10 Å². The molecule has 0 amide bonds. The lowest BCUT2D eigenvalue weighted by molar-refractivity contribution is 0.0228. The van der Waals surface area contributed by atoms with Gasteiger partial charge in [-0.15, -0.1) is 0 Å². The number of fused-ring (bicyclic) bond motifs is 3. The van der Waals surface area contributed by atoms with Crippen LogP contribution >= 0.6 is 0 Å². The van der Waals surface area contributed by atoms with Crippen LogP contribution in [0.2, 0.25) is 0 Å². The van der Waals surface area contributed by atoms with Crippen LogP contribution in [-0.4, -0.2) is 23.8 Å². The van der Waals surface area contributed by atoms with Crippen LogP contribution in [0.15, 0.2) is 0 Å². The van der Waals surface area contributed by atoms with Crippen molar-refractivity contribution in [1.82, 2.24) is 5.32 Å². The van der Waals surface area contributed by atoms with Gasteiger partial charge in [0.2, 0.25) is 0 Å². The Morgan fingerprint density at radius 2 is 2.22 bits per heavy atom. The van der Waals surface area contributed by atoms with E-state index in [2.05, 4.69) is 5.32 Å². The zero-order valence-electron chi connectivity index (χ0n) is 5.51. The Morgan fingerprint density at radius 1 is 1.33 bits per heavy atom. The van der Waals surface area contributed by atoms with E-state index >= 15 is 0 Å². The van der Waals surface area contributed by atoms with Crippen molar-refractivity contribution >= 4 is 0 Å². The molecule has 3 atom stereocenters. The molecule has 3 aliphatic rings. The molecule has 2 aliphatic heterocycles. The summed E-state index contributed by atoms with van der Waals surface area (Å²) < 4.78 is 0. The first-order valence-corrected chi connectivity index (χ1v) is 3.78. The van der Waals surface area contributed by atoms with Crippen molar-refractivity contribution in [1.29, 1.82) is 0 Å². The van der Waals surface area contributed by atoms with Gasteiger partial charge in [0.1, 0.15) is 0 Å². The molecule has 3 rings (SSSR count). The van der Waals surface area contributed by atoms with Gasteiger partial charge in [0, 0.05) is 12.6 Å². The van der Waals surface area contributed by atoms with Gasteiger partial charge in [-0.25, -0.2) is 0 Å². The molecule has 2 saturated heterocycles. The van der Waals surface area contributed by atoms with Crippen LogP contribution in [0.1, 0.15) is 19.3 Å². The zero-order chi connectivity index (χ0) is 6.27. The van der Waals surface area contributed by atoms with Gasteiger partial charge in [0.15, 0.2) is 0 Å². The third kappa shape index (κ3) is 0.864. The molecular weight excluding hydrogens is 114 g/mol. The highest BCUT2D eigenvalue weighted by molar-refractivity contribution is 4.90. The molecule has 2 nitrogen and oxygen atoms in total. The van der Waals surface area contributed by atoms with Crippen molar-refractivity contribution < 1.29 is 5.11 Å². The SMILES string of the molecule is O[C@H]1C[C@@H]2CC[C@H]1CN2. The summed E-state index contributed by atoms with van der Waals surface area (Å²) in [5.74, 6) is 0.565. The van der Waals surface area contributed by atoms with Gasteiger partial charge in [-0.2, -0.15) is 0 Å². The minimum absolute atomic E-state index is 0.00463. The molecule has 2 bridgehead atoms. The summed E-state index contributed by atoms with van der Waals surface area (Å²) in [5.41, 5.74) is 0. The van der Waals surface area contributed by atoms with E-state index < -0.39 is 0 Å². The molecule has 1 saturated carbocycles. The van der Waals surface area contributed by atoms with Gasteiger partial charge in [-0.1, -0.05) is 0 Å². The van der Waals surface area contributed by atoms with Crippen LogP contribution in [0.5, 0.6) is 0 Å². The quantitative estimate of drug-likeness (QED) is 0.484. The number of rotatable bonds is 0. The van der Waals surface area contributed by atoms with Crippen LogP contribution in [0.25, 0.3) is 0 Å². The molecule has 1 aliphatic carbocycles. The Balaban J connectivity index is 2.06. The van der Waals surface area contributed by atoms with Gasteiger partial charge in [-0.05, 0) is 25.2 Å². The van der Waals surface area contributed by atoms with Crippen LogP contribution < -0.4 is 5.32 Å². The molecule has 52 valence electrons. The van der Waals surface area contributed by atoms with E-state index in [-0.39, 0.29) is 6.10 Å². The molecule has 0 aromatic heterocycles. The summed E-state index contributed by atoms with van der Waals surface area (Å²) in [6.07, 6.45) is 3.51. The molecule has 0 aromatic rings. The molecule has 0 aromatic carbocycles. The van der Waals surface area contributed by atoms with E-state index in [0.29, 0.717) is 12.0 Å². The maximum Gasteiger partial charge on any atom is 0.0595 e. The summed E-state index contributed by atoms with van der Waals surface area (Å²) >= 11 is 0. The summed E-state index contributed by atoms with van der Waals surface area (Å²) in [6.45, 7) is 1.05. The number of aliphatic hydroxyl groups is 1. The van der Waals surface area contributed by atoms with E-state index in [1.807, 2.05) is 0 Å². The van der Waals surface area contributed by atoms with E-state index in [0.717, 1.165) is 13.0 Å².